The highest BCUT2D eigenvalue weighted by atomic mass is 32.2. The van der Waals surface area contributed by atoms with Gasteiger partial charge in [-0.2, -0.15) is 5.10 Å². The van der Waals surface area contributed by atoms with Crippen molar-refractivity contribution in [1.82, 2.24) is 20.5 Å². The number of nitrogens with zero attached hydrogens (tertiary/aromatic N) is 3. The van der Waals surface area contributed by atoms with E-state index in [-0.39, 0.29) is 36.0 Å². The first-order chi connectivity index (χ1) is 17.4. The van der Waals surface area contributed by atoms with Crippen LogP contribution < -0.4 is 10.7 Å². The van der Waals surface area contributed by atoms with Gasteiger partial charge in [-0.1, -0.05) is 62.7 Å². The minimum absolute atomic E-state index is 0.00370. The smallest absolute Gasteiger partial charge is 0.230 e. The Hall–Kier alpha value is -2.22. The lowest BCUT2D eigenvalue weighted by Gasteiger charge is -2.51. The molecule has 2 amide bonds. The first kappa shape index (κ1) is 25.4. The van der Waals surface area contributed by atoms with E-state index in [4.69, 9.17) is 5.10 Å². The first-order valence-electron chi connectivity index (χ1n) is 13.8. The number of hydrazone groups is 1. The summed E-state index contributed by atoms with van der Waals surface area (Å²) < 4.78 is 0. The molecule has 4 atom stereocenters. The van der Waals surface area contributed by atoms with E-state index in [0.717, 1.165) is 56.0 Å². The molecule has 1 saturated heterocycles. The molecular weight excluding hydrogens is 470 g/mol. The summed E-state index contributed by atoms with van der Waals surface area (Å²) in [4.78, 5) is 31.2. The van der Waals surface area contributed by atoms with Crippen molar-refractivity contribution in [2.75, 3.05) is 6.54 Å². The summed E-state index contributed by atoms with van der Waals surface area (Å²) in [5.41, 5.74) is 5.87. The molecule has 7 nitrogen and oxygen atoms in total. The molecule has 2 aliphatic heterocycles. The van der Waals surface area contributed by atoms with E-state index >= 15 is 0 Å². The molecule has 0 bridgehead atoms. The second kappa shape index (κ2) is 11.0. The number of amides is 2. The number of benzene rings is 1. The van der Waals surface area contributed by atoms with Crippen molar-refractivity contribution in [3.8, 4) is 0 Å². The Morgan fingerprint density at radius 3 is 2.72 bits per heavy atom. The topological polar surface area (TPSA) is 77.0 Å². The predicted molar refractivity (Wildman–Crippen MR) is 145 cm³/mol. The average molecular weight is 512 g/mol. The molecule has 8 heteroatoms. The average Bonchev–Trinajstić information content (AvgIpc) is 3.53. The van der Waals surface area contributed by atoms with E-state index in [0.29, 0.717) is 12.0 Å². The zero-order chi connectivity index (χ0) is 25.2. The van der Waals surface area contributed by atoms with Crippen LogP contribution in [-0.2, 0) is 15.3 Å². The molecule has 5 rings (SSSR count). The Morgan fingerprint density at radius 2 is 1.97 bits per heavy atom. The van der Waals surface area contributed by atoms with Crippen molar-refractivity contribution in [3.05, 3.63) is 35.4 Å². The van der Waals surface area contributed by atoms with Crippen LogP contribution in [0.5, 0.6) is 0 Å². The summed E-state index contributed by atoms with van der Waals surface area (Å²) in [5, 5.41) is 9.00. The molecular formula is C28H41N5O2S. The minimum atomic E-state index is -0.256. The third-order valence-corrected chi connectivity index (χ3v) is 9.48. The third kappa shape index (κ3) is 5.24. The zero-order valence-corrected chi connectivity index (χ0v) is 22.7. The monoisotopic (exact) mass is 511 g/mol. The quantitative estimate of drug-likeness (QED) is 0.567. The molecule has 2 aliphatic carbocycles. The van der Waals surface area contributed by atoms with Gasteiger partial charge >= 0.3 is 0 Å². The zero-order valence-electron chi connectivity index (χ0n) is 21.9. The van der Waals surface area contributed by atoms with Gasteiger partial charge in [0.1, 0.15) is 0 Å². The molecule has 1 aromatic rings. The number of carbonyl (C=O) groups excluding carboxylic acids is 2. The Bertz CT molecular complexity index is 992. The van der Waals surface area contributed by atoms with Gasteiger partial charge in [0.05, 0.1) is 5.92 Å². The van der Waals surface area contributed by atoms with Gasteiger partial charge in [-0.25, -0.2) is 0 Å². The van der Waals surface area contributed by atoms with Gasteiger partial charge in [-0.05, 0) is 62.5 Å². The highest BCUT2D eigenvalue weighted by molar-refractivity contribution is 8.13. The number of nitrogens with one attached hydrogen (secondary N) is 2. The molecule has 2 heterocycles. The van der Waals surface area contributed by atoms with Crippen LogP contribution in [-0.4, -0.2) is 51.7 Å². The SMILES string of the molecule is Cc1ccccc1CSC1=NNC2N(CCC(C)C)C(=O)C3CCC(C(=O)NC4CCCC4)CC3N12. The van der Waals surface area contributed by atoms with E-state index in [1.165, 1.54) is 24.0 Å². The Balaban J connectivity index is 1.34. The van der Waals surface area contributed by atoms with Crippen molar-refractivity contribution in [3.63, 3.8) is 0 Å². The highest BCUT2D eigenvalue weighted by Crippen LogP contribution is 2.41. The van der Waals surface area contributed by atoms with Crippen LogP contribution >= 0.6 is 11.8 Å². The van der Waals surface area contributed by atoms with Crippen LogP contribution in [0.25, 0.3) is 0 Å². The van der Waals surface area contributed by atoms with E-state index in [1.54, 1.807) is 11.8 Å². The number of thioether (sulfide) groups is 1. The van der Waals surface area contributed by atoms with Crippen molar-refractivity contribution >= 4 is 28.7 Å². The summed E-state index contributed by atoms with van der Waals surface area (Å²) in [6.45, 7) is 7.27. The maximum atomic E-state index is 13.7. The van der Waals surface area contributed by atoms with Crippen LogP contribution in [0.1, 0.15) is 76.3 Å². The van der Waals surface area contributed by atoms with Crippen LogP contribution in [0.3, 0.4) is 0 Å². The molecule has 0 spiro atoms. The molecule has 0 aromatic heterocycles. The van der Waals surface area contributed by atoms with Crippen LogP contribution in [0.2, 0.25) is 0 Å². The lowest BCUT2D eigenvalue weighted by Crippen LogP contribution is -2.68. The number of hydrogen-bond acceptors (Lipinski definition) is 6. The lowest BCUT2D eigenvalue weighted by atomic mass is 9.75. The number of carbonyl (C=O) groups is 2. The van der Waals surface area contributed by atoms with Crippen molar-refractivity contribution in [1.29, 1.82) is 0 Å². The van der Waals surface area contributed by atoms with E-state index in [9.17, 15) is 9.59 Å². The van der Waals surface area contributed by atoms with Gasteiger partial charge in [0.2, 0.25) is 11.8 Å². The number of amidine groups is 1. The summed E-state index contributed by atoms with van der Waals surface area (Å²) in [7, 11) is 0. The van der Waals surface area contributed by atoms with Gasteiger partial charge in [0, 0.05) is 30.3 Å². The molecule has 4 unspecified atom stereocenters. The summed E-state index contributed by atoms with van der Waals surface area (Å²) in [6, 6.07) is 8.80. The van der Waals surface area contributed by atoms with Gasteiger partial charge in [0.15, 0.2) is 11.5 Å². The van der Waals surface area contributed by atoms with Gasteiger partial charge in [-0.3, -0.25) is 15.0 Å². The highest BCUT2D eigenvalue weighted by Gasteiger charge is 2.53. The second-order valence-electron chi connectivity index (χ2n) is 11.4. The van der Waals surface area contributed by atoms with Gasteiger partial charge in [-0.15, -0.1) is 0 Å². The molecule has 0 radical (unpaired) electrons. The Morgan fingerprint density at radius 1 is 1.19 bits per heavy atom. The minimum Gasteiger partial charge on any atom is -0.353 e. The molecule has 3 fully saturated rings. The van der Waals surface area contributed by atoms with Gasteiger partial charge < -0.3 is 15.1 Å². The van der Waals surface area contributed by atoms with Gasteiger partial charge in [0.25, 0.3) is 0 Å². The maximum Gasteiger partial charge on any atom is 0.230 e. The summed E-state index contributed by atoms with van der Waals surface area (Å²) in [5.74, 6) is 1.66. The molecule has 36 heavy (non-hydrogen) atoms. The van der Waals surface area contributed by atoms with Crippen LogP contribution in [0.15, 0.2) is 29.4 Å². The lowest BCUT2D eigenvalue weighted by molar-refractivity contribution is -0.158. The van der Waals surface area contributed by atoms with Crippen molar-refractivity contribution in [2.24, 2.45) is 22.9 Å². The summed E-state index contributed by atoms with van der Waals surface area (Å²) >= 11 is 1.73. The van der Waals surface area contributed by atoms with Crippen LogP contribution in [0, 0.1) is 24.7 Å². The third-order valence-electron chi connectivity index (χ3n) is 8.47. The van der Waals surface area contributed by atoms with E-state index < -0.39 is 0 Å². The Kier molecular flexibility index (Phi) is 7.79. The largest absolute Gasteiger partial charge is 0.353 e. The van der Waals surface area contributed by atoms with Crippen molar-refractivity contribution < 1.29 is 9.59 Å². The first-order valence-corrected chi connectivity index (χ1v) is 14.8. The molecule has 2 N–H and O–H groups in total. The maximum absolute atomic E-state index is 13.7. The number of fused-ring (bicyclic) bond motifs is 3. The number of rotatable bonds is 7. The van der Waals surface area contributed by atoms with E-state index in [2.05, 4.69) is 60.7 Å². The molecule has 4 aliphatic rings. The standard InChI is InChI=1S/C28H41N5O2S/c1-18(2)14-15-32-26(35)23-13-12-20(25(34)29-22-10-6-7-11-22)16-24(23)33-27(32)30-31-28(33)36-17-21-9-5-4-8-19(21)3/h4-5,8-9,18,20,22-24,27,30H,6-7,10-17H2,1-3H3,(H,29,34). The summed E-state index contributed by atoms with van der Waals surface area (Å²) in [6.07, 6.45) is 7.59. The molecule has 196 valence electrons. The normalized spacial score (nSPS) is 28.1. The predicted octanol–water partition coefficient (Wildman–Crippen LogP) is 4.42. The molecule has 1 aromatic carbocycles. The second-order valence-corrected chi connectivity index (χ2v) is 12.4. The number of aryl methyl sites for hydroxylation is 1. The molecule has 2 saturated carbocycles. The van der Waals surface area contributed by atoms with Crippen molar-refractivity contribution in [2.45, 2.75) is 96.3 Å². The Labute approximate surface area is 219 Å². The fourth-order valence-electron chi connectivity index (χ4n) is 6.23. The number of hydrogen-bond donors (Lipinski definition) is 2. The fourth-order valence-corrected chi connectivity index (χ4v) is 7.34. The fraction of sp³-hybridized carbons (Fsp3) is 0.679. The van der Waals surface area contributed by atoms with Crippen LogP contribution in [0.4, 0.5) is 0 Å². The van der Waals surface area contributed by atoms with E-state index in [1.807, 2.05) is 4.90 Å².